The lowest BCUT2D eigenvalue weighted by Gasteiger charge is -2.27. The molecule has 1 aromatic carbocycles. The van der Waals surface area contributed by atoms with E-state index >= 15 is 0 Å². The summed E-state index contributed by atoms with van der Waals surface area (Å²) in [5, 5.41) is 12.6. The molecular formula is C14H23NO2. The van der Waals surface area contributed by atoms with Crippen LogP contribution in [0.2, 0.25) is 0 Å². The number of benzene rings is 1. The molecule has 0 aliphatic carbocycles. The van der Waals surface area contributed by atoms with Crippen molar-refractivity contribution in [1.29, 1.82) is 0 Å². The van der Waals surface area contributed by atoms with Gasteiger partial charge in [0, 0.05) is 5.54 Å². The monoisotopic (exact) mass is 237 g/mol. The highest BCUT2D eigenvalue weighted by Crippen LogP contribution is 2.09. The molecule has 1 rings (SSSR count). The second-order valence-corrected chi connectivity index (χ2v) is 4.51. The zero-order chi connectivity index (χ0) is 12.6. The highest BCUT2D eigenvalue weighted by Gasteiger charge is 2.18. The Bertz CT molecular complexity index is 296. The van der Waals surface area contributed by atoms with E-state index < -0.39 is 0 Å². The molecule has 0 saturated carbocycles. The molecule has 17 heavy (non-hydrogen) atoms. The SMILES string of the molecule is CCC(C)(CO)NCCCOc1ccccc1. The lowest BCUT2D eigenvalue weighted by atomic mass is 10.0. The van der Waals surface area contributed by atoms with Crippen LogP contribution in [0.4, 0.5) is 0 Å². The van der Waals surface area contributed by atoms with Crippen LogP contribution in [0.3, 0.4) is 0 Å². The molecule has 0 radical (unpaired) electrons. The van der Waals surface area contributed by atoms with Gasteiger partial charge in [0.2, 0.25) is 0 Å². The van der Waals surface area contributed by atoms with Crippen molar-refractivity contribution < 1.29 is 9.84 Å². The Balaban J connectivity index is 2.13. The van der Waals surface area contributed by atoms with Crippen LogP contribution in [-0.4, -0.2) is 30.4 Å². The zero-order valence-corrected chi connectivity index (χ0v) is 10.8. The topological polar surface area (TPSA) is 41.5 Å². The third-order valence-electron chi connectivity index (χ3n) is 3.01. The Morgan fingerprint density at radius 2 is 2.00 bits per heavy atom. The van der Waals surface area contributed by atoms with Crippen LogP contribution in [0, 0.1) is 0 Å². The maximum Gasteiger partial charge on any atom is 0.119 e. The molecule has 0 amide bonds. The smallest absolute Gasteiger partial charge is 0.119 e. The second-order valence-electron chi connectivity index (χ2n) is 4.51. The summed E-state index contributed by atoms with van der Waals surface area (Å²) < 4.78 is 5.59. The predicted molar refractivity (Wildman–Crippen MR) is 70.3 cm³/mol. The first-order valence-electron chi connectivity index (χ1n) is 6.24. The normalized spacial score (nSPS) is 14.3. The van der Waals surface area contributed by atoms with Gasteiger partial charge in [0.1, 0.15) is 5.75 Å². The summed E-state index contributed by atoms with van der Waals surface area (Å²) in [6.07, 6.45) is 1.85. The quantitative estimate of drug-likeness (QED) is 0.681. The number of hydrogen-bond acceptors (Lipinski definition) is 3. The molecule has 96 valence electrons. The molecule has 0 fully saturated rings. The van der Waals surface area contributed by atoms with Gasteiger partial charge >= 0.3 is 0 Å². The van der Waals surface area contributed by atoms with Crippen molar-refractivity contribution in [3.63, 3.8) is 0 Å². The molecule has 0 aliphatic rings. The maximum absolute atomic E-state index is 9.23. The Kier molecular flexibility index (Phi) is 6.01. The molecule has 3 heteroatoms. The van der Waals surface area contributed by atoms with E-state index in [1.54, 1.807) is 0 Å². The maximum atomic E-state index is 9.23. The van der Waals surface area contributed by atoms with Gasteiger partial charge in [-0.25, -0.2) is 0 Å². The fraction of sp³-hybridized carbons (Fsp3) is 0.571. The lowest BCUT2D eigenvalue weighted by molar-refractivity contribution is 0.167. The van der Waals surface area contributed by atoms with E-state index in [0.717, 1.165) is 25.1 Å². The van der Waals surface area contributed by atoms with Gasteiger partial charge in [0.05, 0.1) is 13.2 Å². The fourth-order valence-corrected chi connectivity index (χ4v) is 1.46. The number of aliphatic hydroxyl groups is 1. The van der Waals surface area contributed by atoms with Gasteiger partial charge in [-0.15, -0.1) is 0 Å². The van der Waals surface area contributed by atoms with Crippen LogP contribution < -0.4 is 10.1 Å². The van der Waals surface area contributed by atoms with E-state index in [1.165, 1.54) is 0 Å². The van der Waals surface area contributed by atoms with Crippen molar-refractivity contribution >= 4 is 0 Å². The van der Waals surface area contributed by atoms with Crippen LogP contribution in [0.15, 0.2) is 30.3 Å². The van der Waals surface area contributed by atoms with Gasteiger partial charge in [0.25, 0.3) is 0 Å². The number of aliphatic hydroxyl groups excluding tert-OH is 1. The molecule has 0 bridgehead atoms. The molecule has 0 saturated heterocycles. The molecule has 2 N–H and O–H groups in total. The van der Waals surface area contributed by atoms with Crippen LogP contribution in [0.25, 0.3) is 0 Å². The minimum atomic E-state index is -0.160. The molecule has 0 spiro atoms. The summed E-state index contributed by atoms with van der Waals surface area (Å²) in [6.45, 7) is 5.83. The number of hydrogen-bond donors (Lipinski definition) is 2. The molecule has 1 unspecified atom stereocenters. The molecule has 0 aliphatic heterocycles. The Hall–Kier alpha value is -1.06. The molecular weight excluding hydrogens is 214 g/mol. The van der Waals surface area contributed by atoms with Gasteiger partial charge in [-0.1, -0.05) is 25.1 Å². The summed E-state index contributed by atoms with van der Waals surface area (Å²) in [6, 6.07) is 9.82. The third-order valence-corrected chi connectivity index (χ3v) is 3.01. The van der Waals surface area contributed by atoms with E-state index in [4.69, 9.17) is 4.74 Å². The van der Waals surface area contributed by atoms with Crippen LogP contribution in [0.5, 0.6) is 5.75 Å². The minimum absolute atomic E-state index is 0.160. The van der Waals surface area contributed by atoms with Crippen molar-refractivity contribution in [2.24, 2.45) is 0 Å². The lowest BCUT2D eigenvalue weighted by Crippen LogP contribution is -2.45. The third kappa shape index (κ3) is 5.20. The van der Waals surface area contributed by atoms with Crippen LogP contribution >= 0.6 is 0 Å². The predicted octanol–water partition coefficient (Wildman–Crippen LogP) is 2.21. The second kappa shape index (κ2) is 7.30. The minimum Gasteiger partial charge on any atom is -0.494 e. The molecule has 1 aromatic rings. The Morgan fingerprint density at radius 1 is 1.29 bits per heavy atom. The molecule has 0 heterocycles. The van der Waals surface area contributed by atoms with Crippen molar-refractivity contribution in [3.05, 3.63) is 30.3 Å². The van der Waals surface area contributed by atoms with E-state index in [9.17, 15) is 5.11 Å². The summed E-state index contributed by atoms with van der Waals surface area (Å²) in [5.74, 6) is 0.910. The van der Waals surface area contributed by atoms with Gasteiger partial charge < -0.3 is 15.2 Å². The number of rotatable bonds is 8. The molecule has 1 atom stereocenters. The first-order chi connectivity index (χ1) is 8.20. The summed E-state index contributed by atoms with van der Waals surface area (Å²) in [4.78, 5) is 0. The average molecular weight is 237 g/mol. The van der Waals surface area contributed by atoms with Crippen molar-refractivity contribution in [1.82, 2.24) is 5.32 Å². The summed E-state index contributed by atoms with van der Waals surface area (Å²) in [5.41, 5.74) is -0.160. The van der Waals surface area contributed by atoms with E-state index in [0.29, 0.717) is 6.61 Å². The highest BCUT2D eigenvalue weighted by atomic mass is 16.5. The fourth-order valence-electron chi connectivity index (χ4n) is 1.46. The first kappa shape index (κ1) is 14.0. The van der Waals surface area contributed by atoms with Gasteiger partial charge in [-0.2, -0.15) is 0 Å². The molecule has 3 nitrogen and oxygen atoms in total. The average Bonchev–Trinajstić information content (AvgIpc) is 2.39. The van der Waals surface area contributed by atoms with E-state index in [2.05, 4.69) is 12.2 Å². The standard InChI is InChI=1S/C14H23NO2/c1-3-14(2,12-16)15-10-7-11-17-13-8-5-4-6-9-13/h4-6,8-9,15-16H,3,7,10-12H2,1-2H3. The van der Waals surface area contributed by atoms with Crippen LogP contribution in [-0.2, 0) is 0 Å². The Labute approximate surface area is 104 Å². The number of para-hydroxylation sites is 1. The number of nitrogens with one attached hydrogen (secondary N) is 1. The highest BCUT2D eigenvalue weighted by molar-refractivity contribution is 5.20. The van der Waals surface area contributed by atoms with Crippen molar-refractivity contribution in [2.45, 2.75) is 32.2 Å². The molecule has 0 aromatic heterocycles. The largest absolute Gasteiger partial charge is 0.494 e. The first-order valence-corrected chi connectivity index (χ1v) is 6.24. The van der Waals surface area contributed by atoms with Gasteiger partial charge in [0.15, 0.2) is 0 Å². The number of ether oxygens (including phenoxy) is 1. The van der Waals surface area contributed by atoms with E-state index in [1.807, 2.05) is 37.3 Å². The van der Waals surface area contributed by atoms with Crippen LogP contribution in [0.1, 0.15) is 26.7 Å². The van der Waals surface area contributed by atoms with Crippen molar-refractivity contribution in [3.8, 4) is 5.75 Å². The Morgan fingerprint density at radius 3 is 2.59 bits per heavy atom. The van der Waals surface area contributed by atoms with Crippen molar-refractivity contribution in [2.75, 3.05) is 19.8 Å². The summed E-state index contributed by atoms with van der Waals surface area (Å²) >= 11 is 0. The van der Waals surface area contributed by atoms with E-state index in [-0.39, 0.29) is 12.1 Å². The van der Waals surface area contributed by atoms with Gasteiger partial charge in [-0.3, -0.25) is 0 Å². The van der Waals surface area contributed by atoms with Gasteiger partial charge in [-0.05, 0) is 38.4 Å². The summed E-state index contributed by atoms with van der Waals surface area (Å²) in [7, 11) is 0. The zero-order valence-electron chi connectivity index (χ0n) is 10.8.